The lowest BCUT2D eigenvalue weighted by Gasteiger charge is -2.35. The molecule has 2 heterocycles. The van der Waals surface area contributed by atoms with E-state index in [4.69, 9.17) is 0 Å². The normalized spacial score (nSPS) is 19.8. The summed E-state index contributed by atoms with van der Waals surface area (Å²) < 4.78 is 0. The third kappa shape index (κ3) is 9.13. The molecule has 0 aromatic rings. The van der Waals surface area contributed by atoms with Crippen LogP contribution in [0.1, 0.15) is 65.7 Å². The molecule has 0 bridgehead atoms. The second kappa shape index (κ2) is 13.3. The molecule has 2 aliphatic heterocycles. The number of rotatable bonds is 7. The van der Waals surface area contributed by atoms with Gasteiger partial charge in [-0.1, -0.05) is 27.2 Å². The van der Waals surface area contributed by atoms with Gasteiger partial charge in [-0.25, -0.2) is 0 Å². The Morgan fingerprint density at radius 3 is 2.00 bits per heavy atom. The maximum absolute atomic E-state index is 12.1. The molecule has 0 aromatic heterocycles. The SMILES string of the molecule is CCC.CCC(=O)CCC(=O)N1CCC(CCN2CCN(C)CC2)CC1. The van der Waals surface area contributed by atoms with Gasteiger partial charge in [-0.05, 0) is 38.8 Å². The monoisotopic (exact) mass is 367 g/mol. The molecule has 0 radical (unpaired) electrons. The smallest absolute Gasteiger partial charge is 0.223 e. The number of nitrogens with zero attached hydrogens (tertiary/aromatic N) is 3. The first-order valence-corrected chi connectivity index (χ1v) is 10.7. The third-order valence-corrected chi connectivity index (χ3v) is 5.43. The molecular formula is C21H41N3O2. The number of amides is 1. The van der Waals surface area contributed by atoms with Crippen molar-refractivity contribution < 1.29 is 9.59 Å². The summed E-state index contributed by atoms with van der Waals surface area (Å²) in [5.74, 6) is 1.13. The van der Waals surface area contributed by atoms with Gasteiger partial charge in [-0.15, -0.1) is 0 Å². The van der Waals surface area contributed by atoms with Gasteiger partial charge >= 0.3 is 0 Å². The Morgan fingerprint density at radius 2 is 1.46 bits per heavy atom. The number of piperidine rings is 1. The van der Waals surface area contributed by atoms with Gasteiger partial charge in [0.05, 0.1) is 0 Å². The number of ketones is 1. The second-order valence-electron chi connectivity index (χ2n) is 7.86. The highest BCUT2D eigenvalue weighted by Crippen LogP contribution is 2.22. The summed E-state index contributed by atoms with van der Waals surface area (Å²) in [6, 6.07) is 0. The summed E-state index contributed by atoms with van der Waals surface area (Å²) in [5.41, 5.74) is 0. The molecule has 0 aliphatic carbocycles. The zero-order valence-electron chi connectivity index (χ0n) is 17.6. The molecule has 2 fully saturated rings. The number of piperazine rings is 1. The molecule has 2 saturated heterocycles. The summed E-state index contributed by atoms with van der Waals surface area (Å²) >= 11 is 0. The zero-order valence-corrected chi connectivity index (χ0v) is 17.6. The number of hydrogen-bond donors (Lipinski definition) is 0. The Kier molecular flexibility index (Phi) is 11.8. The van der Waals surface area contributed by atoms with Gasteiger partial charge in [-0.2, -0.15) is 0 Å². The minimum Gasteiger partial charge on any atom is -0.343 e. The molecule has 5 nitrogen and oxygen atoms in total. The molecule has 152 valence electrons. The largest absolute Gasteiger partial charge is 0.343 e. The van der Waals surface area contributed by atoms with Crippen LogP contribution < -0.4 is 0 Å². The lowest BCUT2D eigenvalue weighted by molar-refractivity contribution is -0.134. The Balaban J connectivity index is 0.00000105. The Bertz CT molecular complexity index is 398. The first kappa shape index (κ1) is 23.1. The minimum atomic E-state index is 0.171. The van der Waals surface area contributed by atoms with E-state index in [2.05, 4.69) is 30.7 Å². The molecular weight excluding hydrogens is 326 g/mol. The van der Waals surface area contributed by atoms with Gasteiger partial charge in [0.25, 0.3) is 0 Å². The maximum atomic E-state index is 12.1. The summed E-state index contributed by atoms with van der Waals surface area (Å²) in [5, 5.41) is 0. The predicted octanol–water partition coefficient (Wildman–Crippen LogP) is 3.04. The van der Waals surface area contributed by atoms with E-state index in [0.717, 1.165) is 31.8 Å². The third-order valence-electron chi connectivity index (χ3n) is 5.43. The van der Waals surface area contributed by atoms with Gasteiger partial charge < -0.3 is 14.7 Å². The first-order chi connectivity index (χ1) is 12.5. The van der Waals surface area contributed by atoms with Crippen molar-refractivity contribution >= 4 is 11.7 Å². The standard InChI is InChI=1S/C18H33N3O2.C3H8/c1-3-17(22)4-5-18(23)21-10-7-16(8-11-21)6-9-20-14-12-19(2)13-15-20;1-3-2/h16H,3-15H2,1-2H3;3H2,1-2H3. The van der Waals surface area contributed by atoms with Crippen LogP contribution in [-0.2, 0) is 9.59 Å². The van der Waals surface area contributed by atoms with Crippen molar-refractivity contribution in [3.63, 3.8) is 0 Å². The Hall–Kier alpha value is -0.940. The molecule has 0 saturated carbocycles. The maximum Gasteiger partial charge on any atom is 0.223 e. The van der Waals surface area contributed by atoms with Crippen LogP contribution in [0.4, 0.5) is 0 Å². The molecule has 0 unspecified atom stereocenters. The second-order valence-corrected chi connectivity index (χ2v) is 7.86. The quantitative estimate of drug-likeness (QED) is 0.694. The summed E-state index contributed by atoms with van der Waals surface area (Å²) in [7, 11) is 2.19. The van der Waals surface area contributed by atoms with Gasteiger partial charge in [0.1, 0.15) is 5.78 Å². The number of hydrogen-bond acceptors (Lipinski definition) is 4. The number of carbonyl (C=O) groups excluding carboxylic acids is 2. The van der Waals surface area contributed by atoms with Gasteiger partial charge in [0.15, 0.2) is 0 Å². The molecule has 0 spiro atoms. The van der Waals surface area contributed by atoms with Crippen molar-refractivity contribution in [1.82, 2.24) is 14.7 Å². The first-order valence-electron chi connectivity index (χ1n) is 10.7. The molecule has 1 amide bonds. The highest BCUT2D eigenvalue weighted by molar-refractivity contribution is 5.84. The molecule has 2 rings (SSSR count). The molecule has 0 N–H and O–H groups in total. The number of likely N-dealkylation sites (N-methyl/N-ethyl adjacent to an activating group) is 1. The van der Waals surface area contributed by atoms with Crippen molar-refractivity contribution in [3.8, 4) is 0 Å². The van der Waals surface area contributed by atoms with Crippen molar-refractivity contribution in [2.45, 2.75) is 65.7 Å². The van der Waals surface area contributed by atoms with Crippen molar-refractivity contribution in [3.05, 3.63) is 0 Å². The Morgan fingerprint density at radius 1 is 0.885 bits per heavy atom. The highest BCUT2D eigenvalue weighted by atomic mass is 16.2. The lowest BCUT2D eigenvalue weighted by Crippen LogP contribution is -2.45. The van der Waals surface area contributed by atoms with Crippen molar-refractivity contribution in [2.24, 2.45) is 5.92 Å². The fourth-order valence-electron chi connectivity index (χ4n) is 3.49. The van der Waals surface area contributed by atoms with Crippen LogP contribution in [0.2, 0.25) is 0 Å². The van der Waals surface area contributed by atoms with Crippen LogP contribution in [0.5, 0.6) is 0 Å². The Labute approximate surface area is 161 Å². The van der Waals surface area contributed by atoms with Crippen LogP contribution in [0.15, 0.2) is 0 Å². The molecule has 0 aromatic carbocycles. The van der Waals surface area contributed by atoms with E-state index in [0.29, 0.717) is 19.3 Å². The van der Waals surface area contributed by atoms with Crippen molar-refractivity contribution in [2.75, 3.05) is 52.9 Å². The molecule has 5 heteroatoms. The van der Waals surface area contributed by atoms with Crippen LogP contribution in [0.3, 0.4) is 0 Å². The molecule has 0 atom stereocenters. The zero-order chi connectivity index (χ0) is 19.4. The van der Waals surface area contributed by atoms with Gasteiger partial charge in [0, 0.05) is 58.5 Å². The number of carbonyl (C=O) groups is 2. The fraction of sp³-hybridized carbons (Fsp3) is 0.905. The highest BCUT2D eigenvalue weighted by Gasteiger charge is 2.23. The van der Waals surface area contributed by atoms with Crippen LogP contribution in [0.25, 0.3) is 0 Å². The van der Waals surface area contributed by atoms with Crippen LogP contribution in [-0.4, -0.2) is 79.3 Å². The molecule has 2 aliphatic rings. The van der Waals surface area contributed by atoms with E-state index in [1.54, 1.807) is 0 Å². The van der Waals surface area contributed by atoms with E-state index in [-0.39, 0.29) is 11.7 Å². The lowest BCUT2D eigenvalue weighted by atomic mass is 9.93. The van der Waals surface area contributed by atoms with Gasteiger partial charge in [0.2, 0.25) is 5.91 Å². The van der Waals surface area contributed by atoms with Crippen LogP contribution >= 0.6 is 0 Å². The fourth-order valence-corrected chi connectivity index (χ4v) is 3.49. The minimum absolute atomic E-state index is 0.171. The number of likely N-dealkylation sites (tertiary alicyclic amines) is 1. The van der Waals surface area contributed by atoms with E-state index >= 15 is 0 Å². The van der Waals surface area contributed by atoms with Crippen LogP contribution in [0, 0.1) is 5.92 Å². The van der Waals surface area contributed by atoms with Gasteiger partial charge in [-0.3, -0.25) is 9.59 Å². The van der Waals surface area contributed by atoms with E-state index < -0.39 is 0 Å². The van der Waals surface area contributed by atoms with Crippen molar-refractivity contribution in [1.29, 1.82) is 0 Å². The van der Waals surface area contributed by atoms with E-state index in [1.165, 1.54) is 45.6 Å². The number of Topliss-reactive ketones (excluding diaryl/α,β-unsaturated/α-hetero) is 1. The summed E-state index contributed by atoms with van der Waals surface area (Å²) in [6.45, 7) is 13.8. The average Bonchev–Trinajstić information content (AvgIpc) is 2.66. The molecule has 26 heavy (non-hydrogen) atoms. The van der Waals surface area contributed by atoms with E-state index in [9.17, 15) is 9.59 Å². The predicted molar refractivity (Wildman–Crippen MR) is 108 cm³/mol. The summed E-state index contributed by atoms with van der Waals surface area (Å²) in [4.78, 5) is 30.4. The average molecular weight is 368 g/mol. The topological polar surface area (TPSA) is 43.9 Å². The van der Waals surface area contributed by atoms with E-state index in [1.807, 2.05) is 11.8 Å². The summed E-state index contributed by atoms with van der Waals surface area (Å²) in [6.07, 6.45) is 6.13.